The second-order valence-corrected chi connectivity index (χ2v) is 6.21. The summed E-state index contributed by atoms with van der Waals surface area (Å²) in [7, 11) is 0. The van der Waals surface area contributed by atoms with Crippen LogP contribution in [0.1, 0.15) is 4.88 Å². The molecule has 2 heterocycles. The lowest BCUT2D eigenvalue weighted by Gasteiger charge is -2.01. The first-order chi connectivity index (χ1) is 10.3. The van der Waals surface area contributed by atoms with E-state index in [1.807, 2.05) is 54.6 Å². The van der Waals surface area contributed by atoms with Crippen molar-refractivity contribution in [3.8, 4) is 11.1 Å². The zero-order valence-corrected chi connectivity index (χ0v) is 12.2. The molecule has 0 spiro atoms. The Bertz CT molecular complexity index is 1010. The Morgan fingerprint density at radius 3 is 2.48 bits per heavy atom. The van der Waals surface area contributed by atoms with Gasteiger partial charge in [0.1, 0.15) is 5.58 Å². The minimum absolute atomic E-state index is 0.257. The molecule has 0 amide bonds. The molecular weight excluding hydrogens is 280 g/mol. The van der Waals surface area contributed by atoms with Crippen LogP contribution in [0.15, 0.2) is 63.8 Å². The van der Waals surface area contributed by atoms with Gasteiger partial charge in [-0.15, -0.1) is 11.3 Å². The van der Waals surface area contributed by atoms with Crippen molar-refractivity contribution in [3.05, 3.63) is 69.9 Å². The van der Waals surface area contributed by atoms with Crippen LogP contribution in [-0.2, 0) is 0 Å². The van der Waals surface area contributed by atoms with E-state index in [-0.39, 0.29) is 5.63 Å². The lowest BCUT2D eigenvalue weighted by atomic mass is 10.0. The van der Waals surface area contributed by atoms with Crippen LogP contribution in [0.5, 0.6) is 0 Å². The molecule has 0 unspecified atom stereocenters. The minimum Gasteiger partial charge on any atom is -0.422 e. The van der Waals surface area contributed by atoms with Gasteiger partial charge in [0.2, 0.25) is 0 Å². The summed E-state index contributed by atoms with van der Waals surface area (Å²) in [5.41, 5.74) is 2.45. The molecule has 2 aromatic carbocycles. The van der Waals surface area contributed by atoms with E-state index in [0.29, 0.717) is 11.0 Å². The van der Waals surface area contributed by atoms with Gasteiger partial charge in [-0.2, -0.15) is 0 Å². The fourth-order valence-corrected chi connectivity index (χ4v) is 3.97. The Balaban J connectivity index is 2.22. The Morgan fingerprint density at radius 2 is 1.67 bits per heavy atom. The van der Waals surface area contributed by atoms with Gasteiger partial charge in [-0.3, -0.25) is 0 Å². The van der Waals surface area contributed by atoms with Crippen LogP contribution in [-0.4, -0.2) is 0 Å². The summed E-state index contributed by atoms with van der Waals surface area (Å²) < 4.78 is 6.51. The van der Waals surface area contributed by atoms with Gasteiger partial charge in [-0.1, -0.05) is 42.5 Å². The Labute approximate surface area is 125 Å². The van der Waals surface area contributed by atoms with Gasteiger partial charge < -0.3 is 4.42 Å². The van der Waals surface area contributed by atoms with E-state index < -0.39 is 0 Å². The highest BCUT2D eigenvalue weighted by Gasteiger charge is 2.17. The van der Waals surface area contributed by atoms with Crippen molar-refractivity contribution in [2.75, 3.05) is 0 Å². The predicted molar refractivity (Wildman–Crippen MR) is 88.0 cm³/mol. The van der Waals surface area contributed by atoms with Gasteiger partial charge in [0.15, 0.2) is 0 Å². The molecule has 0 saturated carbocycles. The van der Waals surface area contributed by atoms with Crippen LogP contribution >= 0.6 is 11.3 Å². The van der Waals surface area contributed by atoms with Crippen molar-refractivity contribution in [2.24, 2.45) is 0 Å². The molecule has 0 atom stereocenters. The van der Waals surface area contributed by atoms with Crippen LogP contribution in [0.2, 0.25) is 0 Å². The van der Waals surface area contributed by atoms with Gasteiger partial charge in [-0.05, 0) is 24.6 Å². The van der Waals surface area contributed by atoms with E-state index in [4.69, 9.17) is 4.42 Å². The number of thiophene rings is 1. The summed E-state index contributed by atoms with van der Waals surface area (Å²) in [4.78, 5) is 13.6. The first-order valence-electron chi connectivity index (χ1n) is 6.76. The number of fused-ring (bicyclic) bond motifs is 3. The van der Waals surface area contributed by atoms with Crippen molar-refractivity contribution in [1.29, 1.82) is 0 Å². The molecule has 4 aromatic rings. The van der Waals surface area contributed by atoms with E-state index in [0.717, 1.165) is 26.1 Å². The van der Waals surface area contributed by atoms with Crippen LogP contribution in [0.3, 0.4) is 0 Å². The van der Waals surface area contributed by atoms with E-state index in [1.54, 1.807) is 11.3 Å². The van der Waals surface area contributed by atoms with Crippen LogP contribution in [0.25, 0.3) is 32.2 Å². The highest BCUT2D eigenvalue weighted by Crippen LogP contribution is 2.39. The number of hydrogen-bond acceptors (Lipinski definition) is 3. The number of rotatable bonds is 1. The normalized spacial score (nSPS) is 11.3. The summed E-state index contributed by atoms with van der Waals surface area (Å²) >= 11 is 1.66. The molecule has 102 valence electrons. The SMILES string of the molecule is Cc1sc2c(c1-c1ccccc1)c(=O)oc1ccccc12. The maximum absolute atomic E-state index is 12.4. The van der Waals surface area contributed by atoms with Gasteiger partial charge in [-0.25, -0.2) is 4.79 Å². The third-order valence-corrected chi connectivity index (χ3v) is 4.82. The average molecular weight is 292 g/mol. The Morgan fingerprint density at radius 1 is 0.952 bits per heavy atom. The lowest BCUT2D eigenvalue weighted by molar-refractivity contribution is 0.570. The fourth-order valence-electron chi connectivity index (χ4n) is 2.78. The second-order valence-electron chi connectivity index (χ2n) is 4.99. The van der Waals surface area contributed by atoms with Crippen molar-refractivity contribution in [1.82, 2.24) is 0 Å². The van der Waals surface area contributed by atoms with Crippen molar-refractivity contribution < 1.29 is 4.42 Å². The molecule has 0 radical (unpaired) electrons. The molecule has 3 heteroatoms. The summed E-state index contributed by atoms with van der Waals surface area (Å²) in [6.45, 7) is 2.06. The van der Waals surface area contributed by atoms with Crippen molar-refractivity contribution in [3.63, 3.8) is 0 Å². The lowest BCUT2D eigenvalue weighted by Crippen LogP contribution is -1.99. The highest BCUT2D eigenvalue weighted by molar-refractivity contribution is 7.20. The monoisotopic (exact) mass is 292 g/mol. The number of para-hydroxylation sites is 1. The molecular formula is C18H12O2S. The molecule has 21 heavy (non-hydrogen) atoms. The molecule has 0 fully saturated rings. The Hall–Kier alpha value is -2.39. The van der Waals surface area contributed by atoms with E-state index in [1.165, 1.54) is 0 Å². The summed E-state index contributed by atoms with van der Waals surface area (Å²) in [5.74, 6) is 0. The van der Waals surface area contributed by atoms with Gasteiger partial charge in [0.25, 0.3) is 0 Å². The van der Waals surface area contributed by atoms with Crippen LogP contribution in [0.4, 0.5) is 0 Å². The van der Waals surface area contributed by atoms with E-state index in [9.17, 15) is 4.79 Å². The fraction of sp³-hybridized carbons (Fsp3) is 0.0556. The minimum atomic E-state index is -0.257. The second kappa shape index (κ2) is 4.57. The predicted octanol–water partition coefficient (Wildman–Crippen LogP) is 4.98. The number of hydrogen-bond donors (Lipinski definition) is 0. The quantitative estimate of drug-likeness (QED) is 0.463. The van der Waals surface area contributed by atoms with E-state index in [2.05, 4.69) is 6.92 Å². The third kappa shape index (κ3) is 1.82. The zero-order chi connectivity index (χ0) is 14.4. The standard InChI is InChI=1S/C18H12O2S/c1-11-15(12-7-3-2-4-8-12)16-17(21-11)13-9-5-6-10-14(13)20-18(16)19/h2-10H,1H3. The highest BCUT2D eigenvalue weighted by atomic mass is 32.1. The molecule has 2 nitrogen and oxygen atoms in total. The van der Waals surface area contributed by atoms with Gasteiger partial charge >= 0.3 is 5.63 Å². The van der Waals surface area contributed by atoms with E-state index >= 15 is 0 Å². The average Bonchev–Trinajstić information content (AvgIpc) is 2.86. The third-order valence-electron chi connectivity index (χ3n) is 3.69. The van der Waals surface area contributed by atoms with Crippen LogP contribution in [0, 0.1) is 6.92 Å². The summed E-state index contributed by atoms with van der Waals surface area (Å²) in [5, 5.41) is 1.70. The molecule has 2 aromatic heterocycles. The Kier molecular flexibility index (Phi) is 2.69. The molecule has 0 aliphatic heterocycles. The van der Waals surface area contributed by atoms with Gasteiger partial charge in [0, 0.05) is 15.8 Å². The molecule has 0 N–H and O–H groups in total. The zero-order valence-electron chi connectivity index (χ0n) is 11.4. The number of benzene rings is 2. The molecule has 0 aliphatic rings. The maximum atomic E-state index is 12.4. The smallest absolute Gasteiger partial charge is 0.345 e. The largest absolute Gasteiger partial charge is 0.422 e. The molecule has 0 saturated heterocycles. The van der Waals surface area contributed by atoms with Crippen molar-refractivity contribution in [2.45, 2.75) is 6.92 Å². The first kappa shape index (κ1) is 12.4. The molecule has 4 rings (SSSR count). The first-order valence-corrected chi connectivity index (χ1v) is 7.58. The molecule has 0 bridgehead atoms. The van der Waals surface area contributed by atoms with Crippen molar-refractivity contribution >= 4 is 32.4 Å². The van der Waals surface area contributed by atoms with Gasteiger partial charge in [0.05, 0.1) is 10.1 Å². The summed E-state index contributed by atoms with van der Waals surface area (Å²) in [6.07, 6.45) is 0. The molecule has 0 aliphatic carbocycles. The topological polar surface area (TPSA) is 30.2 Å². The summed E-state index contributed by atoms with van der Waals surface area (Å²) in [6, 6.07) is 17.7. The number of aryl methyl sites for hydroxylation is 1. The maximum Gasteiger partial charge on any atom is 0.345 e. The van der Waals surface area contributed by atoms with Crippen LogP contribution < -0.4 is 5.63 Å².